The maximum absolute atomic E-state index is 13.5. The topological polar surface area (TPSA) is 103 Å². The molecule has 2 bridgehead atoms. The van der Waals surface area contributed by atoms with Crippen molar-refractivity contribution in [3.63, 3.8) is 0 Å². The highest BCUT2D eigenvalue weighted by molar-refractivity contribution is 6.74. The standard InChI is InChI=1S/C45H62BN3O5Si/c1-10-35(37(29-47)38-18-14-15-20-48-38)25-33-22-32(23-34(24-33)30-52-55(8,9)43(2,3)4)19-21-51-42(50)49-41(26-31-16-12-11-13-17-31)46-53-40-28-36-27-39(44(36,5)6)45(40,7)54-46/h11-18,20,22-24,35-37,39-41H,10,19,21,25-28,30H2,1-9H3,(H,49,50)/t35?,36-,37?,39-,40+,41-,45-/m0/s1. The molecule has 0 spiro atoms. The number of nitrogens with zero attached hydrogens (tertiary/aromatic N) is 2. The molecule has 0 radical (unpaired) electrons. The molecule has 55 heavy (non-hydrogen) atoms. The maximum Gasteiger partial charge on any atom is 0.482 e. The van der Waals surface area contributed by atoms with Crippen molar-refractivity contribution in [3.8, 4) is 6.07 Å². The summed E-state index contributed by atoms with van der Waals surface area (Å²) in [5, 5.41) is 13.5. The fraction of sp³-hybridized carbons (Fsp3) is 0.578. The molecule has 4 fully saturated rings. The average Bonchev–Trinajstić information content (AvgIpc) is 3.51. The number of amides is 1. The Labute approximate surface area is 331 Å². The zero-order chi connectivity index (χ0) is 39.6. The lowest BCUT2D eigenvalue weighted by atomic mass is 9.43. The van der Waals surface area contributed by atoms with E-state index in [4.69, 9.17) is 18.5 Å². The molecule has 4 aliphatic rings. The normalized spacial score (nSPS) is 24.5. The van der Waals surface area contributed by atoms with E-state index in [1.807, 2.05) is 36.4 Å². The molecule has 8 nitrogen and oxygen atoms in total. The molecular formula is C45H62BN3O5Si. The van der Waals surface area contributed by atoms with Gasteiger partial charge < -0.3 is 23.8 Å². The van der Waals surface area contributed by atoms with Gasteiger partial charge in [0.15, 0.2) is 8.32 Å². The predicted molar refractivity (Wildman–Crippen MR) is 221 cm³/mol. The van der Waals surface area contributed by atoms with Crippen molar-refractivity contribution in [1.29, 1.82) is 5.26 Å². The Morgan fingerprint density at radius 2 is 1.73 bits per heavy atom. The fourth-order valence-electron chi connectivity index (χ4n) is 9.05. The molecule has 7 rings (SSSR count). The summed E-state index contributed by atoms with van der Waals surface area (Å²) in [7, 11) is -2.56. The first-order valence-electron chi connectivity index (χ1n) is 20.4. The van der Waals surface area contributed by atoms with Gasteiger partial charge in [-0.2, -0.15) is 5.26 Å². The summed E-state index contributed by atoms with van der Waals surface area (Å²) in [5.41, 5.74) is 5.07. The van der Waals surface area contributed by atoms with Gasteiger partial charge in [0.2, 0.25) is 0 Å². The zero-order valence-electron chi connectivity index (χ0n) is 34.6. The van der Waals surface area contributed by atoms with Gasteiger partial charge >= 0.3 is 13.2 Å². The summed E-state index contributed by atoms with van der Waals surface area (Å²) in [6, 6.07) is 25.1. The number of carbonyl (C=O) groups is 1. The first kappa shape index (κ1) is 41.2. The molecule has 3 aliphatic carbocycles. The van der Waals surface area contributed by atoms with Crippen LogP contribution in [-0.2, 0) is 44.3 Å². The van der Waals surface area contributed by atoms with E-state index in [0.717, 1.165) is 47.2 Å². The van der Waals surface area contributed by atoms with Gasteiger partial charge in [0, 0.05) is 12.6 Å². The number of hydrogen-bond donors (Lipinski definition) is 1. The number of rotatable bonds is 15. The third kappa shape index (κ3) is 9.07. The smallest absolute Gasteiger partial charge is 0.449 e. The van der Waals surface area contributed by atoms with Crippen LogP contribution < -0.4 is 5.32 Å². The minimum atomic E-state index is -2.00. The van der Waals surface area contributed by atoms with E-state index < -0.39 is 27.5 Å². The third-order valence-corrected chi connectivity index (χ3v) is 18.2. The number of alkyl carbamates (subject to hydrolysis) is 1. The molecule has 1 N–H and O–H groups in total. The Hall–Kier alpha value is -3.49. The minimum Gasteiger partial charge on any atom is -0.449 e. The summed E-state index contributed by atoms with van der Waals surface area (Å²) in [5.74, 6) is 0.449. The van der Waals surface area contributed by atoms with Crippen molar-refractivity contribution in [1.82, 2.24) is 10.3 Å². The lowest BCUT2D eigenvalue weighted by Gasteiger charge is -2.64. The van der Waals surface area contributed by atoms with E-state index >= 15 is 0 Å². The molecule has 7 atom stereocenters. The lowest BCUT2D eigenvalue weighted by molar-refractivity contribution is -0.199. The lowest BCUT2D eigenvalue weighted by Crippen LogP contribution is -2.65. The number of aromatic nitrogens is 1. The number of ether oxygens (including phenoxy) is 1. The second kappa shape index (κ2) is 16.5. The predicted octanol–water partition coefficient (Wildman–Crippen LogP) is 9.63. The first-order chi connectivity index (χ1) is 26.0. The van der Waals surface area contributed by atoms with E-state index in [1.165, 1.54) is 6.42 Å². The van der Waals surface area contributed by atoms with E-state index in [-0.39, 0.29) is 40.6 Å². The molecule has 1 aromatic heterocycles. The Morgan fingerprint density at radius 3 is 2.38 bits per heavy atom. The quantitative estimate of drug-likeness (QED) is 0.154. The van der Waals surface area contributed by atoms with Crippen LogP contribution in [0, 0.1) is 34.5 Å². The fourth-order valence-corrected chi connectivity index (χ4v) is 10.0. The highest BCUT2D eigenvalue weighted by atomic mass is 28.4. The molecular weight excluding hydrogens is 701 g/mol. The van der Waals surface area contributed by atoms with Gasteiger partial charge in [0.05, 0.1) is 48.5 Å². The molecule has 1 aliphatic heterocycles. The van der Waals surface area contributed by atoms with Gasteiger partial charge in [0.1, 0.15) is 0 Å². The van der Waals surface area contributed by atoms with Gasteiger partial charge in [-0.15, -0.1) is 0 Å². The van der Waals surface area contributed by atoms with Crippen LogP contribution in [0.4, 0.5) is 4.79 Å². The molecule has 294 valence electrons. The summed E-state index contributed by atoms with van der Waals surface area (Å²) in [4.78, 5) is 18.1. The summed E-state index contributed by atoms with van der Waals surface area (Å²) < 4.78 is 26.0. The van der Waals surface area contributed by atoms with E-state index in [0.29, 0.717) is 31.3 Å². The van der Waals surface area contributed by atoms with E-state index in [9.17, 15) is 10.1 Å². The Morgan fingerprint density at radius 1 is 1.02 bits per heavy atom. The van der Waals surface area contributed by atoms with Crippen molar-refractivity contribution >= 4 is 21.5 Å². The summed E-state index contributed by atoms with van der Waals surface area (Å²) in [6.45, 7) is 21.1. The maximum atomic E-state index is 13.5. The molecule has 2 unspecified atom stereocenters. The number of benzene rings is 2. The van der Waals surface area contributed by atoms with Crippen molar-refractivity contribution in [2.75, 3.05) is 6.61 Å². The van der Waals surface area contributed by atoms with E-state index in [2.05, 4.69) is 108 Å². The van der Waals surface area contributed by atoms with Crippen LogP contribution in [0.2, 0.25) is 18.1 Å². The molecule has 1 amide bonds. The van der Waals surface area contributed by atoms with Gasteiger partial charge in [0.25, 0.3) is 0 Å². The van der Waals surface area contributed by atoms with Crippen LogP contribution >= 0.6 is 0 Å². The summed E-state index contributed by atoms with van der Waals surface area (Å²) in [6.07, 6.45) is 6.15. The van der Waals surface area contributed by atoms with Crippen molar-refractivity contribution < 1.29 is 23.3 Å². The molecule has 10 heteroatoms. The molecule has 2 aromatic carbocycles. The van der Waals surface area contributed by atoms with Crippen LogP contribution in [-0.4, -0.2) is 50.8 Å². The summed E-state index contributed by atoms with van der Waals surface area (Å²) >= 11 is 0. The number of pyridine rings is 1. The molecule has 2 heterocycles. The first-order valence-corrected chi connectivity index (χ1v) is 23.3. The number of nitrogens with one attached hydrogen (secondary N) is 1. The van der Waals surface area contributed by atoms with Crippen LogP contribution in [0.3, 0.4) is 0 Å². The Kier molecular flexibility index (Phi) is 12.4. The minimum absolute atomic E-state index is 0.0205. The zero-order valence-corrected chi connectivity index (χ0v) is 35.6. The van der Waals surface area contributed by atoms with Crippen molar-refractivity contribution in [3.05, 3.63) is 101 Å². The highest BCUT2D eigenvalue weighted by Crippen LogP contribution is 2.65. The number of nitriles is 1. The van der Waals surface area contributed by atoms with Crippen molar-refractivity contribution in [2.45, 2.75) is 135 Å². The largest absolute Gasteiger partial charge is 0.482 e. The number of carbonyl (C=O) groups excluding carboxylic acids is 1. The number of hydrogen-bond acceptors (Lipinski definition) is 7. The average molecular weight is 764 g/mol. The van der Waals surface area contributed by atoms with Crippen LogP contribution in [0.25, 0.3) is 0 Å². The van der Waals surface area contributed by atoms with Crippen LogP contribution in [0.5, 0.6) is 0 Å². The molecule has 3 saturated carbocycles. The Bertz CT molecular complexity index is 1810. The van der Waals surface area contributed by atoms with Gasteiger partial charge in [-0.1, -0.05) is 103 Å². The second-order valence-corrected chi connectivity index (χ2v) is 23.4. The molecule has 3 aromatic rings. The van der Waals surface area contributed by atoms with Crippen molar-refractivity contribution in [2.24, 2.45) is 23.2 Å². The van der Waals surface area contributed by atoms with Gasteiger partial charge in [-0.05, 0) is 108 Å². The van der Waals surface area contributed by atoms with Crippen LogP contribution in [0.15, 0.2) is 72.9 Å². The third-order valence-electron chi connectivity index (χ3n) is 13.7. The van der Waals surface area contributed by atoms with Crippen LogP contribution in [0.1, 0.15) is 102 Å². The van der Waals surface area contributed by atoms with Gasteiger partial charge in [-0.3, -0.25) is 4.98 Å². The monoisotopic (exact) mass is 763 g/mol. The van der Waals surface area contributed by atoms with E-state index in [1.54, 1.807) is 6.20 Å². The second-order valence-electron chi connectivity index (χ2n) is 18.6. The highest BCUT2D eigenvalue weighted by Gasteiger charge is 2.68. The SMILES string of the molecule is CCC(Cc1cc(CCOC(=O)N[C@@H](Cc2ccccc2)B2O[C@@H]3C[C@@H]4C[C@@H](C4(C)C)[C@]3(C)O2)cc(CO[Si](C)(C)C(C)(C)C)c1)C(C#N)c1ccccn1. The Balaban J connectivity index is 1.15. The molecule has 1 saturated heterocycles. The van der Waals surface area contributed by atoms with Gasteiger partial charge in [-0.25, -0.2) is 4.79 Å².